The van der Waals surface area contributed by atoms with Gasteiger partial charge in [0.15, 0.2) is 0 Å². The standard InChI is InChI=1S/C20H25NO2S/c1-20(2,3)16-10-13(11-17-18(22)21-19(23)24-17)9-15(12-16)14-7-5-4-6-8-14/h9-12,14H,4-8H2,1-3H3,(H,21,22,23). The maximum Gasteiger partial charge on any atom is 0.290 e. The molecule has 1 saturated carbocycles. The molecule has 1 aliphatic carbocycles. The molecule has 2 amide bonds. The second kappa shape index (κ2) is 6.75. The highest BCUT2D eigenvalue weighted by molar-refractivity contribution is 8.18. The topological polar surface area (TPSA) is 46.2 Å². The third kappa shape index (κ3) is 3.92. The number of carbonyl (C=O) groups excluding carboxylic acids is 2. The molecule has 1 N–H and O–H groups in total. The van der Waals surface area contributed by atoms with E-state index >= 15 is 0 Å². The highest BCUT2D eigenvalue weighted by atomic mass is 32.2. The fourth-order valence-electron chi connectivity index (χ4n) is 3.44. The fourth-order valence-corrected chi connectivity index (χ4v) is 4.12. The molecule has 1 aliphatic heterocycles. The lowest BCUT2D eigenvalue weighted by Crippen LogP contribution is -2.17. The Hall–Kier alpha value is -1.55. The van der Waals surface area contributed by atoms with Crippen molar-refractivity contribution < 1.29 is 9.59 Å². The first-order chi connectivity index (χ1) is 11.3. The number of thioether (sulfide) groups is 1. The zero-order chi connectivity index (χ0) is 17.3. The number of hydrogen-bond donors (Lipinski definition) is 1. The molecule has 0 unspecified atom stereocenters. The summed E-state index contributed by atoms with van der Waals surface area (Å²) in [6.07, 6.45) is 8.29. The van der Waals surface area contributed by atoms with Gasteiger partial charge >= 0.3 is 0 Å². The van der Waals surface area contributed by atoms with Gasteiger partial charge in [-0.3, -0.25) is 14.9 Å². The van der Waals surface area contributed by atoms with E-state index in [0.29, 0.717) is 10.8 Å². The van der Waals surface area contributed by atoms with Crippen LogP contribution in [0.15, 0.2) is 23.1 Å². The smallest absolute Gasteiger partial charge is 0.282 e. The highest BCUT2D eigenvalue weighted by Gasteiger charge is 2.26. The Bertz CT molecular complexity index is 694. The van der Waals surface area contributed by atoms with E-state index in [9.17, 15) is 9.59 Å². The number of imide groups is 1. The lowest BCUT2D eigenvalue weighted by molar-refractivity contribution is -0.115. The quantitative estimate of drug-likeness (QED) is 0.736. The van der Waals surface area contributed by atoms with Gasteiger partial charge in [0.25, 0.3) is 11.1 Å². The maximum atomic E-state index is 11.8. The number of nitrogens with one attached hydrogen (secondary N) is 1. The lowest BCUT2D eigenvalue weighted by Gasteiger charge is -2.26. The Kier molecular flexibility index (Phi) is 4.86. The summed E-state index contributed by atoms with van der Waals surface area (Å²) in [6.45, 7) is 6.64. The van der Waals surface area contributed by atoms with Crippen LogP contribution in [0.5, 0.6) is 0 Å². The molecule has 3 nitrogen and oxygen atoms in total. The Balaban J connectivity index is 2.00. The molecule has 0 atom stereocenters. The number of amides is 2. The minimum Gasteiger partial charge on any atom is -0.282 e. The van der Waals surface area contributed by atoms with Crippen LogP contribution in [0.25, 0.3) is 6.08 Å². The number of benzene rings is 1. The minimum atomic E-state index is -0.287. The highest BCUT2D eigenvalue weighted by Crippen LogP contribution is 2.36. The summed E-state index contributed by atoms with van der Waals surface area (Å²) < 4.78 is 0. The third-order valence-electron chi connectivity index (χ3n) is 4.86. The molecule has 128 valence electrons. The van der Waals surface area contributed by atoms with Gasteiger partial charge < -0.3 is 0 Å². The van der Waals surface area contributed by atoms with Crippen molar-refractivity contribution in [3.05, 3.63) is 39.8 Å². The first-order valence-corrected chi connectivity index (χ1v) is 9.55. The summed E-state index contributed by atoms with van der Waals surface area (Å²) in [7, 11) is 0. The van der Waals surface area contributed by atoms with Crippen molar-refractivity contribution in [2.45, 2.75) is 64.2 Å². The van der Waals surface area contributed by atoms with E-state index < -0.39 is 0 Å². The van der Waals surface area contributed by atoms with E-state index in [0.717, 1.165) is 17.3 Å². The van der Waals surface area contributed by atoms with Crippen molar-refractivity contribution in [1.29, 1.82) is 0 Å². The summed E-state index contributed by atoms with van der Waals surface area (Å²) in [5.41, 5.74) is 3.74. The largest absolute Gasteiger partial charge is 0.290 e. The van der Waals surface area contributed by atoms with Crippen molar-refractivity contribution in [1.82, 2.24) is 5.32 Å². The summed E-state index contributed by atoms with van der Waals surface area (Å²) in [5.74, 6) is 0.329. The van der Waals surface area contributed by atoms with Crippen LogP contribution in [0.4, 0.5) is 4.79 Å². The predicted molar refractivity (Wildman–Crippen MR) is 100 cm³/mol. The Morgan fingerprint density at radius 2 is 1.79 bits per heavy atom. The predicted octanol–water partition coefficient (Wildman–Crippen LogP) is 5.36. The van der Waals surface area contributed by atoms with Crippen LogP contribution >= 0.6 is 11.8 Å². The van der Waals surface area contributed by atoms with Gasteiger partial charge in [0.2, 0.25) is 0 Å². The monoisotopic (exact) mass is 343 g/mol. The Morgan fingerprint density at radius 1 is 1.08 bits per heavy atom. The van der Waals surface area contributed by atoms with Crippen molar-refractivity contribution in [2.24, 2.45) is 0 Å². The molecule has 0 spiro atoms. The second-order valence-electron chi connectivity index (χ2n) is 7.83. The van der Waals surface area contributed by atoms with Crippen LogP contribution in [-0.2, 0) is 10.2 Å². The zero-order valence-electron chi connectivity index (χ0n) is 14.6. The molecular weight excluding hydrogens is 318 g/mol. The number of rotatable bonds is 2. The molecule has 24 heavy (non-hydrogen) atoms. The number of carbonyl (C=O) groups is 2. The van der Waals surface area contributed by atoms with Gasteiger partial charge in [0.1, 0.15) is 0 Å². The molecule has 0 radical (unpaired) electrons. The van der Waals surface area contributed by atoms with Crippen molar-refractivity contribution in [2.75, 3.05) is 0 Å². The first-order valence-electron chi connectivity index (χ1n) is 8.73. The van der Waals surface area contributed by atoms with Crippen molar-refractivity contribution in [3.63, 3.8) is 0 Å². The van der Waals surface area contributed by atoms with E-state index in [2.05, 4.69) is 44.3 Å². The summed E-state index contributed by atoms with van der Waals surface area (Å²) in [6, 6.07) is 6.69. The van der Waals surface area contributed by atoms with Gasteiger partial charge in [0, 0.05) is 0 Å². The van der Waals surface area contributed by atoms with Crippen LogP contribution in [0.3, 0.4) is 0 Å². The average molecular weight is 343 g/mol. The van der Waals surface area contributed by atoms with Gasteiger partial charge in [-0.25, -0.2) is 0 Å². The van der Waals surface area contributed by atoms with E-state index in [1.165, 1.54) is 43.2 Å². The second-order valence-corrected chi connectivity index (χ2v) is 8.84. The zero-order valence-corrected chi connectivity index (χ0v) is 15.5. The van der Waals surface area contributed by atoms with Gasteiger partial charge in [-0.15, -0.1) is 0 Å². The molecule has 0 aromatic heterocycles. The molecule has 4 heteroatoms. The van der Waals surface area contributed by atoms with E-state index in [4.69, 9.17) is 0 Å². The fraction of sp³-hybridized carbons (Fsp3) is 0.500. The normalized spacial score (nSPS) is 21.4. The SMILES string of the molecule is CC(C)(C)c1cc(C=C2SC(=O)NC2=O)cc(C2CCCCC2)c1. The molecule has 0 bridgehead atoms. The maximum absolute atomic E-state index is 11.8. The van der Waals surface area contributed by atoms with Crippen LogP contribution < -0.4 is 5.32 Å². The lowest BCUT2D eigenvalue weighted by atomic mass is 9.79. The molecule has 1 aromatic rings. The van der Waals surface area contributed by atoms with Gasteiger partial charge in [-0.2, -0.15) is 0 Å². The van der Waals surface area contributed by atoms with Gasteiger partial charge in [0.05, 0.1) is 4.91 Å². The molecule has 1 saturated heterocycles. The van der Waals surface area contributed by atoms with Crippen LogP contribution in [0, 0.1) is 0 Å². The minimum absolute atomic E-state index is 0.0544. The van der Waals surface area contributed by atoms with E-state index in [1.807, 2.05) is 6.08 Å². The molecule has 1 heterocycles. The van der Waals surface area contributed by atoms with E-state index in [-0.39, 0.29) is 16.6 Å². The van der Waals surface area contributed by atoms with Gasteiger partial charge in [-0.1, -0.05) is 58.2 Å². The van der Waals surface area contributed by atoms with Crippen LogP contribution in [-0.4, -0.2) is 11.1 Å². The van der Waals surface area contributed by atoms with Gasteiger partial charge in [-0.05, 0) is 58.7 Å². The third-order valence-corrected chi connectivity index (χ3v) is 5.67. The van der Waals surface area contributed by atoms with Crippen LogP contribution in [0.1, 0.15) is 75.5 Å². The Morgan fingerprint density at radius 3 is 2.38 bits per heavy atom. The first kappa shape index (κ1) is 17.3. The summed E-state index contributed by atoms with van der Waals surface area (Å²) in [5, 5.41) is 2.04. The molecule has 1 aromatic carbocycles. The average Bonchev–Trinajstić information content (AvgIpc) is 2.84. The van der Waals surface area contributed by atoms with Crippen molar-refractivity contribution >= 4 is 29.0 Å². The summed E-state index contributed by atoms with van der Waals surface area (Å²) >= 11 is 0.985. The van der Waals surface area contributed by atoms with Crippen LogP contribution in [0.2, 0.25) is 0 Å². The molecule has 3 rings (SSSR count). The van der Waals surface area contributed by atoms with Crippen molar-refractivity contribution in [3.8, 4) is 0 Å². The van der Waals surface area contributed by atoms with E-state index in [1.54, 1.807) is 0 Å². The molecular formula is C20H25NO2S. The Labute approximate surface area is 148 Å². The number of hydrogen-bond acceptors (Lipinski definition) is 3. The molecule has 2 fully saturated rings. The molecule has 2 aliphatic rings. The summed E-state index contributed by atoms with van der Waals surface area (Å²) in [4.78, 5) is 23.7.